The fourth-order valence-electron chi connectivity index (χ4n) is 3.59. The molecule has 2 unspecified atom stereocenters. The van der Waals surface area contributed by atoms with Crippen molar-refractivity contribution in [2.45, 2.75) is 50.4 Å². The zero-order valence-electron chi connectivity index (χ0n) is 10.9. The van der Waals surface area contributed by atoms with Crippen molar-refractivity contribution in [2.24, 2.45) is 0 Å². The Morgan fingerprint density at radius 1 is 1.22 bits per heavy atom. The molecule has 1 aromatic carbocycles. The van der Waals surface area contributed by atoms with Gasteiger partial charge >= 0.3 is 0 Å². The fraction of sp³-hybridized carbons (Fsp3) is 0.600. The molecular formula is C15H21FN2. The van der Waals surface area contributed by atoms with Crippen LogP contribution >= 0.6 is 0 Å². The van der Waals surface area contributed by atoms with E-state index in [1.165, 1.54) is 25.7 Å². The number of hydrogen-bond donors (Lipinski definition) is 1. The molecule has 2 saturated heterocycles. The van der Waals surface area contributed by atoms with Crippen LogP contribution in [-0.4, -0.2) is 30.1 Å². The predicted octanol–water partition coefficient (Wildman–Crippen LogP) is 2.54. The van der Waals surface area contributed by atoms with Gasteiger partial charge in [-0.1, -0.05) is 18.2 Å². The summed E-state index contributed by atoms with van der Waals surface area (Å²) in [7, 11) is 2.05. The molecule has 3 rings (SSSR count). The molecule has 3 heteroatoms. The van der Waals surface area contributed by atoms with Crippen molar-refractivity contribution in [3.8, 4) is 0 Å². The molecule has 2 fully saturated rings. The van der Waals surface area contributed by atoms with E-state index in [1.807, 2.05) is 12.1 Å². The van der Waals surface area contributed by atoms with Crippen LogP contribution in [-0.2, 0) is 6.54 Å². The van der Waals surface area contributed by atoms with Crippen LogP contribution in [0.2, 0.25) is 0 Å². The van der Waals surface area contributed by atoms with Gasteiger partial charge in [0.25, 0.3) is 0 Å². The predicted molar refractivity (Wildman–Crippen MR) is 70.8 cm³/mol. The maximum absolute atomic E-state index is 13.7. The van der Waals surface area contributed by atoms with Gasteiger partial charge in [0.2, 0.25) is 0 Å². The molecule has 2 bridgehead atoms. The van der Waals surface area contributed by atoms with Gasteiger partial charge in [0.15, 0.2) is 0 Å². The number of halogens is 1. The molecule has 1 N–H and O–H groups in total. The fourth-order valence-corrected chi connectivity index (χ4v) is 3.59. The van der Waals surface area contributed by atoms with Crippen molar-refractivity contribution in [3.63, 3.8) is 0 Å². The Morgan fingerprint density at radius 2 is 1.89 bits per heavy atom. The average molecular weight is 248 g/mol. The molecule has 2 aliphatic rings. The van der Waals surface area contributed by atoms with Gasteiger partial charge in [0.1, 0.15) is 5.82 Å². The van der Waals surface area contributed by atoms with E-state index in [0.29, 0.717) is 18.1 Å². The minimum atomic E-state index is -0.0624. The third-order valence-corrected chi connectivity index (χ3v) is 4.60. The van der Waals surface area contributed by atoms with Crippen LogP contribution in [0.15, 0.2) is 24.3 Å². The summed E-state index contributed by atoms with van der Waals surface area (Å²) in [6.45, 7) is 0.776. The minimum absolute atomic E-state index is 0.0624. The summed E-state index contributed by atoms with van der Waals surface area (Å²) in [5, 5.41) is 3.40. The van der Waals surface area contributed by atoms with Crippen molar-refractivity contribution < 1.29 is 4.39 Å². The van der Waals surface area contributed by atoms with Crippen molar-refractivity contribution in [1.29, 1.82) is 0 Å². The molecule has 0 aromatic heterocycles. The number of fused-ring (bicyclic) bond motifs is 2. The van der Waals surface area contributed by atoms with Crippen LogP contribution < -0.4 is 5.32 Å². The Bertz CT molecular complexity index is 407. The second-order valence-corrected chi connectivity index (χ2v) is 5.61. The Labute approximate surface area is 108 Å². The van der Waals surface area contributed by atoms with Crippen molar-refractivity contribution in [2.75, 3.05) is 7.05 Å². The molecule has 0 aliphatic carbocycles. The summed E-state index contributed by atoms with van der Waals surface area (Å²) >= 11 is 0. The Hall–Kier alpha value is -0.930. The van der Waals surface area contributed by atoms with Crippen LogP contribution in [0.1, 0.15) is 31.2 Å². The van der Waals surface area contributed by atoms with E-state index in [0.717, 1.165) is 12.1 Å². The maximum atomic E-state index is 13.7. The Balaban J connectivity index is 1.73. The summed E-state index contributed by atoms with van der Waals surface area (Å²) in [4.78, 5) is 2.52. The van der Waals surface area contributed by atoms with E-state index < -0.39 is 0 Å². The summed E-state index contributed by atoms with van der Waals surface area (Å²) in [5.74, 6) is -0.0624. The van der Waals surface area contributed by atoms with Gasteiger partial charge in [-0.15, -0.1) is 0 Å². The second-order valence-electron chi connectivity index (χ2n) is 5.61. The number of nitrogens with zero attached hydrogens (tertiary/aromatic N) is 1. The number of rotatable bonds is 3. The van der Waals surface area contributed by atoms with Gasteiger partial charge in [0, 0.05) is 30.2 Å². The van der Waals surface area contributed by atoms with E-state index in [1.54, 1.807) is 12.1 Å². The zero-order chi connectivity index (χ0) is 12.5. The summed E-state index contributed by atoms with van der Waals surface area (Å²) in [6, 6.07) is 9.11. The zero-order valence-corrected chi connectivity index (χ0v) is 10.9. The van der Waals surface area contributed by atoms with E-state index in [2.05, 4.69) is 17.3 Å². The number of benzene rings is 1. The first-order chi connectivity index (χ1) is 8.78. The van der Waals surface area contributed by atoms with Crippen molar-refractivity contribution in [1.82, 2.24) is 10.2 Å². The summed E-state index contributed by atoms with van der Waals surface area (Å²) < 4.78 is 13.7. The molecule has 2 atom stereocenters. The number of hydrogen-bond acceptors (Lipinski definition) is 2. The molecule has 18 heavy (non-hydrogen) atoms. The molecule has 2 aliphatic heterocycles. The second kappa shape index (κ2) is 4.98. The standard InChI is InChI=1S/C15H21FN2/c1-17-12-8-13-6-7-14(9-12)18(13)10-11-4-2-3-5-15(11)16/h2-5,12-14,17H,6-10H2,1H3. The maximum Gasteiger partial charge on any atom is 0.127 e. The van der Waals surface area contributed by atoms with Crippen LogP contribution in [0.5, 0.6) is 0 Å². The number of nitrogens with one attached hydrogen (secondary N) is 1. The van der Waals surface area contributed by atoms with Crippen LogP contribution in [0.25, 0.3) is 0 Å². The Morgan fingerprint density at radius 3 is 2.50 bits per heavy atom. The Kier molecular flexibility index (Phi) is 3.35. The van der Waals surface area contributed by atoms with Gasteiger partial charge in [-0.2, -0.15) is 0 Å². The van der Waals surface area contributed by atoms with Crippen LogP contribution in [0.4, 0.5) is 4.39 Å². The lowest BCUT2D eigenvalue weighted by molar-refractivity contribution is 0.110. The molecule has 0 amide bonds. The van der Waals surface area contributed by atoms with Crippen LogP contribution in [0.3, 0.4) is 0 Å². The lowest BCUT2D eigenvalue weighted by atomic mass is 9.97. The van der Waals surface area contributed by atoms with E-state index >= 15 is 0 Å². The molecular weight excluding hydrogens is 227 g/mol. The van der Waals surface area contributed by atoms with Gasteiger partial charge < -0.3 is 5.32 Å². The van der Waals surface area contributed by atoms with Gasteiger partial charge in [-0.3, -0.25) is 4.90 Å². The highest BCUT2D eigenvalue weighted by molar-refractivity contribution is 5.18. The largest absolute Gasteiger partial charge is 0.317 e. The monoisotopic (exact) mass is 248 g/mol. The SMILES string of the molecule is CNC1CC2CCC(C1)N2Cc1ccccc1F. The third kappa shape index (κ3) is 2.17. The van der Waals surface area contributed by atoms with E-state index in [-0.39, 0.29) is 5.82 Å². The smallest absolute Gasteiger partial charge is 0.127 e. The highest BCUT2D eigenvalue weighted by atomic mass is 19.1. The quantitative estimate of drug-likeness (QED) is 0.884. The highest BCUT2D eigenvalue weighted by Gasteiger charge is 2.40. The lowest BCUT2D eigenvalue weighted by Crippen LogP contribution is -2.47. The van der Waals surface area contributed by atoms with Gasteiger partial charge in [-0.05, 0) is 38.8 Å². The molecule has 2 nitrogen and oxygen atoms in total. The summed E-state index contributed by atoms with van der Waals surface area (Å²) in [5.41, 5.74) is 0.845. The normalized spacial score (nSPS) is 31.8. The van der Waals surface area contributed by atoms with Crippen molar-refractivity contribution in [3.05, 3.63) is 35.6 Å². The van der Waals surface area contributed by atoms with Gasteiger partial charge in [0.05, 0.1) is 0 Å². The van der Waals surface area contributed by atoms with E-state index in [9.17, 15) is 4.39 Å². The first kappa shape index (κ1) is 12.1. The molecule has 98 valence electrons. The molecule has 0 spiro atoms. The third-order valence-electron chi connectivity index (χ3n) is 4.60. The van der Waals surface area contributed by atoms with E-state index in [4.69, 9.17) is 0 Å². The highest BCUT2D eigenvalue weighted by Crippen LogP contribution is 2.36. The molecule has 2 heterocycles. The van der Waals surface area contributed by atoms with Crippen molar-refractivity contribution >= 4 is 0 Å². The van der Waals surface area contributed by atoms with Gasteiger partial charge in [-0.25, -0.2) is 4.39 Å². The minimum Gasteiger partial charge on any atom is -0.317 e. The molecule has 1 aromatic rings. The molecule has 0 radical (unpaired) electrons. The first-order valence-corrected chi connectivity index (χ1v) is 6.94. The topological polar surface area (TPSA) is 15.3 Å². The lowest BCUT2D eigenvalue weighted by Gasteiger charge is -2.39. The summed E-state index contributed by atoms with van der Waals surface area (Å²) in [6.07, 6.45) is 4.97. The van der Waals surface area contributed by atoms with Crippen LogP contribution in [0, 0.1) is 5.82 Å². The average Bonchev–Trinajstić information content (AvgIpc) is 2.63. The first-order valence-electron chi connectivity index (χ1n) is 6.94. The molecule has 0 saturated carbocycles. The number of piperidine rings is 1.